The molecule has 100 valence electrons. The van der Waals surface area contributed by atoms with Crippen molar-refractivity contribution in [3.8, 4) is 0 Å². The molecule has 1 fully saturated rings. The first-order chi connectivity index (χ1) is 8.86. The zero-order chi connectivity index (χ0) is 12.8. The molecule has 4 heteroatoms. The Morgan fingerprint density at radius 1 is 1.44 bits per heavy atom. The van der Waals surface area contributed by atoms with E-state index in [4.69, 9.17) is 15.3 Å². The maximum Gasteiger partial charge on any atom is 0.0994 e. The van der Waals surface area contributed by atoms with E-state index in [1.165, 1.54) is 0 Å². The van der Waals surface area contributed by atoms with Crippen LogP contribution in [0.1, 0.15) is 25.0 Å². The van der Waals surface area contributed by atoms with Crippen LogP contribution in [-0.2, 0) is 9.47 Å². The highest BCUT2D eigenvalue weighted by molar-refractivity contribution is 5.19. The van der Waals surface area contributed by atoms with Crippen LogP contribution in [0, 0.1) is 5.92 Å². The highest BCUT2D eigenvalue weighted by Gasteiger charge is 2.32. The van der Waals surface area contributed by atoms with Crippen molar-refractivity contribution >= 4 is 0 Å². The fourth-order valence-electron chi connectivity index (χ4n) is 2.54. The van der Waals surface area contributed by atoms with Gasteiger partial charge in [-0.1, -0.05) is 30.3 Å². The summed E-state index contributed by atoms with van der Waals surface area (Å²) >= 11 is 0. The van der Waals surface area contributed by atoms with E-state index in [1.54, 1.807) is 0 Å². The molecule has 0 saturated carbocycles. The van der Waals surface area contributed by atoms with E-state index in [0.717, 1.165) is 25.2 Å². The molecule has 18 heavy (non-hydrogen) atoms. The molecule has 1 aromatic rings. The summed E-state index contributed by atoms with van der Waals surface area (Å²) in [6.07, 6.45) is 1.01. The van der Waals surface area contributed by atoms with Crippen LogP contribution in [0.15, 0.2) is 30.3 Å². The van der Waals surface area contributed by atoms with Crippen LogP contribution >= 0.6 is 0 Å². The molecule has 4 nitrogen and oxygen atoms in total. The zero-order valence-electron chi connectivity index (χ0n) is 10.8. The minimum atomic E-state index is -0.0205. The first kappa shape index (κ1) is 13.5. The summed E-state index contributed by atoms with van der Waals surface area (Å²) in [5.41, 5.74) is 4.08. The molecule has 0 aliphatic carbocycles. The lowest BCUT2D eigenvalue weighted by Gasteiger charge is -2.30. The van der Waals surface area contributed by atoms with E-state index < -0.39 is 0 Å². The van der Waals surface area contributed by atoms with Gasteiger partial charge in [0.1, 0.15) is 0 Å². The van der Waals surface area contributed by atoms with Gasteiger partial charge in [-0.3, -0.25) is 11.3 Å². The lowest BCUT2D eigenvalue weighted by atomic mass is 9.90. The molecule has 3 unspecified atom stereocenters. The molecule has 3 N–H and O–H groups in total. The van der Waals surface area contributed by atoms with Crippen molar-refractivity contribution in [2.75, 3.05) is 19.8 Å². The lowest BCUT2D eigenvalue weighted by Crippen LogP contribution is -2.46. The Morgan fingerprint density at radius 2 is 2.22 bits per heavy atom. The molecular weight excluding hydrogens is 228 g/mol. The Hall–Kier alpha value is -0.940. The Morgan fingerprint density at radius 3 is 2.78 bits per heavy atom. The lowest BCUT2D eigenvalue weighted by molar-refractivity contribution is 0.0138. The average molecular weight is 250 g/mol. The van der Waals surface area contributed by atoms with Crippen molar-refractivity contribution in [1.29, 1.82) is 0 Å². The number of ether oxygens (including phenoxy) is 2. The van der Waals surface area contributed by atoms with Gasteiger partial charge < -0.3 is 9.47 Å². The zero-order valence-corrected chi connectivity index (χ0v) is 10.8. The van der Waals surface area contributed by atoms with Crippen LogP contribution in [0.2, 0.25) is 0 Å². The van der Waals surface area contributed by atoms with Gasteiger partial charge in [-0.15, -0.1) is 0 Å². The van der Waals surface area contributed by atoms with E-state index in [0.29, 0.717) is 12.5 Å². The molecule has 0 aromatic heterocycles. The summed E-state index contributed by atoms with van der Waals surface area (Å²) in [6.45, 7) is 4.25. The number of hydrazine groups is 1. The Kier molecular flexibility index (Phi) is 5.13. The van der Waals surface area contributed by atoms with Gasteiger partial charge in [0.2, 0.25) is 0 Å². The summed E-state index contributed by atoms with van der Waals surface area (Å²) in [5, 5.41) is 0. The monoisotopic (exact) mass is 250 g/mol. The largest absolute Gasteiger partial charge is 0.381 e. The van der Waals surface area contributed by atoms with Crippen LogP contribution in [0.5, 0.6) is 0 Å². The number of benzene rings is 1. The van der Waals surface area contributed by atoms with Gasteiger partial charge >= 0.3 is 0 Å². The van der Waals surface area contributed by atoms with Gasteiger partial charge in [0.25, 0.3) is 0 Å². The smallest absolute Gasteiger partial charge is 0.0994 e. The molecule has 1 aromatic carbocycles. The van der Waals surface area contributed by atoms with Crippen molar-refractivity contribution in [3.05, 3.63) is 35.9 Å². The Bertz CT molecular complexity index is 339. The number of hydrogen-bond donors (Lipinski definition) is 2. The topological polar surface area (TPSA) is 56.5 Å². The first-order valence-corrected chi connectivity index (χ1v) is 6.57. The number of hydrogen-bond acceptors (Lipinski definition) is 4. The third kappa shape index (κ3) is 3.09. The highest BCUT2D eigenvalue weighted by atomic mass is 16.5. The number of nitrogens with one attached hydrogen (secondary N) is 1. The van der Waals surface area contributed by atoms with Gasteiger partial charge in [-0.25, -0.2) is 0 Å². The molecule has 0 spiro atoms. The van der Waals surface area contributed by atoms with E-state index in [1.807, 2.05) is 25.1 Å². The molecule has 1 heterocycles. The van der Waals surface area contributed by atoms with Crippen molar-refractivity contribution in [2.45, 2.75) is 25.5 Å². The molecule has 1 saturated heterocycles. The molecule has 0 amide bonds. The van der Waals surface area contributed by atoms with Crippen LogP contribution in [0.25, 0.3) is 0 Å². The normalized spacial score (nSPS) is 22.9. The fraction of sp³-hybridized carbons (Fsp3) is 0.571. The third-order valence-corrected chi connectivity index (χ3v) is 3.47. The van der Waals surface area contributed by atoms with Crippen LogP contribution in [0.4, 0.5) is 0 Å². The summed E-state index contributed by atoms with van der Waals surface area (Å²) in [7, 11) is 0. The van der Waals surface area contributed by atoms with E-state index in [-0.39, 0.29) is 12.1 Å². The molecule has 2 rings (SSSR count). The van der Waals surface area contributed by atoms with Gasteiger partial charge in [0.05, 0.1) is 18.8 Å². The van der Waals surface area contributed by atoms with Crippen LogP contribution in [0.3, 0.4) is 0 Å². The molecular formula is C14H22N2O2. The predicted molar refractivity (Wildman–Crippen MR) is 70.8 cm³/mol. The summed E-state index contributed by atoms with van der Waals surface area (Å²) in [5.74, 6) is 6.14. The first-order valence-electron chi connectivity index (χ1n) is 6.57. The number of rotatable bonds is 6. The second-order valence-electron chi connectivity index (χ2n) is 4.60. The van der Waals surface area contributed by atoms with E-state index in [9.17, 15) is 0 Å². The highest BCUT2D eigenvalue weighted by Crippen LogP contribution is 2.29. The Balaban J connectivity index is 2.16. The summed E-state index contributed by atoms with van der Waals surface area (Å²) < 4.78 is 11.3. The maximum absolute atomic E-state index is 5.90. The van der Waals surface area contributed by atoms with Crippen molar-refractivity contribution in [2.24, 2.45) is 11.8 Å². The molecule has 1 aliphatic rings. The van der Waals surface area contributed by atoms with Gasteiger partial charge in [0.15, 0.2) is 0 Å². The minimum Gasteiger partial charge on any atom is -0.381 e. The van der Waals surface area contributed by atoms with Crippen molar-refractivity contribution in [3.63, 3.8) is 0 Å². The molecule has 0 radical (unpaired) electrons. The SMILES string of the molecule is CCOC(c1ccccc1)C(NN)C1CCOC1. The number of nitrogens with two attached hydrogens (primary N) is 1. The molecule has 0 bridgehead atoms. The predicted octanol–water partition coefficient (Wildman–Crippen LogP) is 1.63. The third-order valence-electron chi connectivity index (χ3n) is 3.47. The van der Waals surface area contributed by atoms with Crippen LogP contribution in [-0.4, -0.2) is 25.9 Å². The quantitative estimate of drug-likeness (QED) is 0.595. The van der Waals surface area contributed by atoms with Crippen molar-refractivity contribution < 1.29 is 9.47 Å². The van der Waals surface area contributed by atoms with Gasteiger partial charge in [-0.2, -0.15) is 0 Å². The maximum atomic E-state index is 5.90. The fourth-order valence-corrected chi connectivity index (χ4v) is 2.54. The Labute approximate surface area is 108 Å². The van der Waals surface area contributed by atoms with Crippen LogP contribution < -0.4 is 11.3 Å². The molecule has 1 aliphatic heterocycles. The second kappa shape index (κ2) is 6.85. The van der Waals surface area contributed by atoms with E-state index >= 15 is 0 Å². The van der Waals surface area contributed by atoms with Gasteiger partial charge in [0, 0.05) is 19.1 Å². The second-order valence-corrected chi connectivity index (χ2v) is 4.60. The average Bonchev–Trinajstić information content (AvgIpc) is 2.94. The summed E-state index contributed by atoms with van der Waals surface area (Å²) in [6, 6.07) is 10.3. The van der Waals surface area contributed by atoms with E-state index in [2.05, 4.69) is 17.6 Å². The summed E-state index contributed by atoms with van der Waals surface area (Å²) in [4.78, 5) is 0. The van der Waals surface area contributed by atoms with Crippen molar-refractivity contribution in [1.82, 2.24) is 5.43 Å². The molecule has 3 atom stereocenters. The minimum absolute atomic E-state index is 0.0205. The standard InChI is InChI=1S/C14H22N2O2/c1-2-18-14(11-6-4-3-5-7-11)13(16-15)12-8-9-17-10-12/h3-7,12-14,16H,2,8-10,15H2,1H3. The van der Waals surface area contributed by atoms with Gasteiger partial charge in [-0.05, 0) is 18.9 Å².